The van der Waals surface area contributed by atoms with Gasteiger partial charge in [-0.15, -0.1) is 11.6 Å². The fraction of sp³-hybridized carbons (Fsp3) is 0.667. The normalized spacial score (nSPS) is 39.3. The van der Waals surface area contributed by atoms with E-state index in [-0.39, 0.29) is 40.0 Å². The molecule has 0 amide bonds. The van der Waals surface area contributed by atoms with Crippen molar-refractivity contribution in [1.82, 2.24) is 0 Å². The maximum Gasteiger partial charge on any atom is 2.00 e. The minimum absolute atomic E-state index is 0. The summed E-state index contributed by atoms with van der Waals surface area (Å²) in [6.45, 7) is 2.51. The van der Waals surface area contributed by atoms with E-state index in [1.165, 1.54) is 37.7 Å². The van der Waals surface area contributed by atoms with Crippen molar-refractivity contribution in [3.05, 3.63) is 29.8 Å². The van der Waals surface area contributed by atoms with E-state index in [1.54, 1.807) is 7.11 Å². The number of rotatable bonds is 2. The molecule has 0 radical (unpaired) electrons. The van der Waals surface area contributed by atoms with Gasteiger partial charge in [0.25, 0.3) is 0 Å². The SMILES string of the molecule is COc1c[c-]ccc1C1(C)C2CC3CC(C2)CC1C3.[Br-].[Mg+2]. The maximum absolute atomic E-state index is 5.64. The average molecular weight is 360 g/mol. The van der Waals surface area contributed by atoms with E-state index in [0.717, 1.165) is 29.4 Å². The van der Waals surface area contributed by atoms with Crippen molar-refractivity contribution >= 4 is 23.1 Å². The van der Waals surface area contributed by atoms with Crippen molar-refractivity contribution in [3.8, 4) is 5.75 Å². The minimum Gasteiger partial charge on any atom is -1.00 e. The Morgan fingerprint density at radius 3 is 2.19 bits per heavy atom. The van der Waals surface area contributed by atoms with E-state index >= 15 is 0 Å². The van der Waals surface area contributed by atoms with Gasteiger partial charge in [-0.1, -0.05) is 6.92 Å². The predicted molar refractivity (Wildman–Crippen MR) is 82.0 cm³/mol. The van der Waals surface area contributed by atoms with Crippen molar-refractivity contribution in [1.29, 1.82) is 0 Å². The van der Waals surface area contributed by atoms with Crippen LogP contribution in [0.2, 0.25) is 0 Å². The summed E-state index contributed by atoms with van der Waals surface area (Å²) in [5, 5.41) is 0. The van der Waals surface area contributed by atoms with Gasteiger partial charge in [0, 0.05) is 5.75 Å². The van der Waals surface area contributed by atoms with Crippen LogP contribution in [0.25, 0.3) is 0 Å². The van der Waals surface area contributed by atoms with Gasteiger partial charge in [0.15, 0.2) is 0 Å². The number of ether oxygens (including phenoxy) is 1. The Morgan fingerprint density at radius 2 is 1.67 bits per heavy atom. The molecular formula is C18H23BrMgO. The molecule has 3 heteroatoms. The summed E-state index contributed by atoms with van der Waals surface area (Å²) in [6, 6.07) is 9.51. The molecule has 0 N–H and O–H groups in total. The number of hydrogen-bond donors (Lipinski definition) is 0. The molecule has 4 saturated carbocycles. The summed E-state index contributed by atoms with van der Waals surface area (Å²) in [4.78, 5) is 0. The minimum atomic E-state index is 0. The third kappa shape index (κ3) is 2.57. The molecule has 0 aromatic heterocycles. The Labute approximate surface area is 155 Å². The molecule has 1 aromatic carbocycles. The summed E-state index contributed by atoms with van der Waals surface area (Å²) in [5.74, 6) is 4.85. The fourth-order valence-corrected chi connectivity index (χ4v) is 5.63. The first-order valence-electron chi connectivity index (χ1n) is 7.76. The van der Waals surface area contributed by atoms with Crippen LogP contribution >= 0.6 is 0 Å². The molecule has 5 rings (SSSR count). The van der Waals surface area contributed by atoms with Gasteiger partial charge in [-0.05, 0) is 61.2 Å². The van der Waals surface area contributed by atoms with Crippen molar-refractivity contribution in [2.24, 2.45) is 23.7 Å². The standard InChI is InChI=1S/C18H23O.BrH.Mg/c1-18(16-5-3-4-6-17(16)19-2)14-8-12-7-13(10-14)11-15(18)9-12;;/h3,5-6,12-15H,7-11H2,1-2H3;1H;/q-1;;+2/p-1. The van der Waals surface area contributed by atoms with Crippen LogP contribution in [0.1, 0.15) is 44.6 Å². The van der Waals surface area contributed by atoms with E-state index in [9.17, 15) is 0 Å². The molecule has 110 valence electrons. The molecular weight excluding hydrogens is 336 g/mol. The van der Waals surface area contributed by atoms with E-state index in [0.29, 0.717) is 5.41 Å². The first kappa shape index (κ1) is 17.6. The van der Waals surface area contributed by atoms with Crippen LogP contribution in [0, 0.1) is 29.7 Å². The van der Waals surface area contributed by atoms with Gasteiger partial charge in [0.2, 0.25) is 0 Å². The Kier molecular flexibility index (Phi) is 5.37. The van der Waals surface area contributed by atoms with Crippen molar-refractivity contribution in [3.63, 3.8) is 0 Å². The molecule has 21 heavy (non-hydrogen) atoms. The van der Waals surface area contributed by atoms with E-state index < -0.39 is 0 Å². The maximum atomic E-state index is 5.64. The molecule has 4 aliphatic rings. The first-order chi connectivity index (χ1) is 9.21. The topological polar surface area (TPSA) is 9.23 Å². The van der Waals surface area contributed by atoms with Gasteiger partial charge in [-0.25, -0.2) is 0 Å². The quantitative estimate of drug-likeness (QED) is 0.562. The molecule has 4 aliphatic carbocycles. The summed E-state index contributed by atoms with van der Waals surface area (Å²) >= 11 is 0. The number of hydrogen-bond acceptors (Lipinski definition) is 1. The van der Waals surface area contributed by atoms with E-state index in [4.69, 9.17) is 4.74 Å². The Bertz CT molecular complexity index is 474. The second-order valence-corrected chi connectivity index (χ2v) is 7.21. The number of methoxy groups -OCH3 is 1. The van der Waals surface area contributed by atoms with Gasteiger partial charge in [-0.2, -0.15) is 18.2 Å². The van der Waals surface area contributed by atoms with Gasteiger partial charge < -0.3 is 21.7 Å². The monoisotopic (exact) mass is 358 g/mol. The molecule has 0 atom stereocenters. The molecule has 0 spiro atoms. The summed E-state index contributed by atoms with van der Waals surface area (Å²) in [7, 11) is 1.80. The number of halogens is 1. The molecule has 0 unspecified atom stereocenters. The summed E-state index contributed by atoms with van der Waals surface area (Å²) in [5.41, 5.74) is 1.79. The largest absolute Gasteiger partial charge is 2.00 e. The van der Waals surface area contributed by atoms with E-state index in [1.807, 2.05) is 6.07 Å². The van der Waals surface area contributed by atoms with E-state index in [2.05, 4.69) is 25.1 Å². The van der Waals surface area contributed by atoms with Crippen LogP contribution in [0.5, 0.6) is 5.75 Å². The van der Waals surface area contributed by atoms with Crippen LogP contribution in [0.4, 0.5) is 0 Å². The molecule has 1 nitrogen and oxygen atoms in total. The van der Waals surface area contributed by atoms with Crippen molar-refractivity contribution in [2.45, 2.75) is 44.4 Å². The van der Waals surface area contributed by atoms with Crippen LogP contribution in [-0.4, -0.2) is 30.2 Å². The molecule has 4 bridgehead atoms. The smallest absolute Gasteiger partial charge is 1.00 e. The van der Waals surface area contributed by atoms with Crippen molar-refractivity contribution in [2.75, 3.05) is 7.11 Å². The second kappa shape index (κ2) is 6.41. The second-order valence-electron chi connectivity index (χ2n) is 7.21. The zero-order chi connectivity index (χ0) is 13.0. The first-order valence-corrected chi connectivity index (χ1v) is 7.76. The third-order valence-corrected chi connectivity index (χ3v) is 6.46. The predicted octanol–water partition coefficient (Wildman–Crippen LogP) is 0.832. The molecule has 0 saturated heterocycles. The molecule has 0 heterocycles. The van der Waals surface area contributed by atoms with Crippen LogP contribution in [0.15, 0.2) is 18.2 Å². The van der Waals surface area contributed by atoms with Crippen molar-refractivity contribution < 1.29 is 21.7 Å². The summed E-state index contributed by atoms with van der Waals surface area (Å²) in [6.07, 6.45) is 7.32. The average Bonchev–Trinajstić information content (AvgIpc) is 2.43. The Balaban J connectivity index is 0.000000807. The van der Waals surface area contributed by atoms with Gasteiger partial charge in [-0.3, -0.25) is 0 Å². The third-order valence-electron chi connectivity index (χ3n) is 6.46. The van der Waals surface area contributed by atoms with Crippen LogP contribution in [-0.2, 0) is 5.41 Å². The van der Waals surface area contributed by atoms with Gasteiger partial charge in [0.05, 0.1) is 7.11 Å². The van der Waals surface area contributed by atoms with Crippen LogP contribution in [0.3, 0.4) is 0 Å². The fourth-order valence-electron chi connectivity index (χ4n) is 5.63. The zero-order valence-corrected chi connectivity index (χ0v) is 16.1. The Hall–Kier alpha value is 0.266. The summed E-state index contributed by atoms with van der Waals surface area (Å²) < 4.78 is 5.64. The molecule has 4 fully saturated rings. The molecule has 0 aliphatic heterocycles. The Morgan fingerprint density at radius 1 is 1.10 bits per heavy atom. The van der Waals surface area contributed by atoms with Crippen LogP contribution < -0.4 is 21.7 Å². The number of benzene rings is 1. The molecule has 1 aromatic rings. The van der Waals surface area contributed by atoms with Gasteiger partial charge >= 0.3 is 23.1 Å². The zero-order valence-electron chi connectivity index (χ0n) is 13.1. The van der Waals surface area contributed by atoms with Gasteiger partial charge in [0.1, 0.15) is 0 Å².